The fourth-order valence-electron chi connectivity index (χ4n) is 2.90. The van der Waals surface area contributed by atoms with Gasteiger partial charge in [-0.25, -0.2) is 0 Å². The highest BCUT2D eigenvalue weighted by atomic mass is 35.5. The maximum atomic E-state index is 12.5. The molecule has 0 saturated carbocycles. The molecule has 0 aromatic heterocycles. The van der Waals surface area contributed by atoms with Gasteiger partial charge in [-0.05, 0) is 44.5 Å². The Morgan fingerprint density at radius 2 is 1.91 bits per heavy atom. The number of benzene rings is 1. The fourth-order valence-corrected chi connectivity index (χ4v) is 2.90. The Balaban J connectivity index is 0.00000176. The van der Waals surface area contributed by atoms with E-state index in [0.717, 1.165) is 19.5 Å². The first-order valence-corrected chi connectivity index (χ1v) is 7.58. The number of para-hydroxylation sites is 2. The van der Waals surface area contributed by atoms with Crippen LogP contribution in [0.1, 0.15) is 20.3 Å². The second-order valence-electron chi connectivity index (χ2n) is 5.89. The SMILES string of the molecule is CC1CNCCC1NC(=O)C1Oc2ccccc2OC1C.Cl. The van der Waals surface area contributed by atoms with Gasteiger partial charge in [0.25, 0.3) is 5.91 Å². The Kier molecular flexibility index (Phi) is 5.53. The van der Waals surface area contributed by atoms with Crippen LogP contribution in [0.25, 0.3) is 0 Å². The van der Waals surface area contributed by atoms with E-state index >= 15 is 0 Å². The smallest absolute Gasteiger partial charge is 0.265 e. The van der Waals surface area contributed by atoms with Gasteiger partial charge < -0.3 is 20.1 Å². The van der Waals surface area contributed by atoms with Crippen molar-refractivity contribution < 1.29 is 14.3 Å². The fraction of sp³-hybridized carbons (Fsp3) is 0.562. The summed E-state index contributed by atoms with van der Waals surface area (Å²) in [5, 5.41) is 6.45. The van der Waals surface area contributed by atoms with Gasteiger partial charge in [0.2, 0.25) is 6.10 Å². The molecular formula is C16H23ClN2O3. The predicted octanol–water partition coefficient (Wildman–Crippen LogP) is 1.75. The summed E-state index contributed by atoms with van der Waals surface area (Å²) in [6.07, 6.45) is 0.0600. The van der Waals surface area contributed by atoms with Crippen molar-refractivity contribution in [2.75, 3.05) is 13.1 Å². The monoisotopic (exact) mass is 326 g/mol. The highest BCUT2D eigenvalue weighted by Gasteiger charge is 2.35. The minimum atomic E-state index is -0.595. The summed E-state index contributed by atoms with van der Waals surface area (Å²) < 4.78 is 11.6. The van der Waals surface area contributed by atoms with Crippen molar-refractivity contribution in [2.24, 2.45) is 5.92 Å². The van der Waals surface area contributed by atoms with Gasteiger partial charge in [0.1, 0.15) is 6.10 Å². The van der Waals surface area contributed by atoms with Crippen molar-refractivity contribution in [1.29, 1.82) is 0 Å². The quantitative estimate of drug-likeness (QED) is 0.869. The zero-order valence-corrected chi connectivity index (χ0v) is 13.7. The molecule has 1 aromatic carbocycles. The van der Waals surface area contributed by atoms with Gasteiger partial charge >= 0.3 is 0 Å². The average molecular weight is 327 g/mol. The second kappa shape index (κ2) is 7.20. The summed E-state index contributed by atoms with van der Waals surface area (Å²) in [5.74, 6) is 1.67. The minimum absolute atomic E-state index is 0. The highest BCUT2D eigenvalue weighted by Crippen LogP contribution is 2.33. The molecule has 4 unspecified atom stereocenters. The number of hydrogen-bond donors (Lipinski definition) is 2. The third kappa shape index (κ3) is 3.47. The molecule has 0 radical (unpaired) electrons. The first kappa shape index (κ1) is 16.9. The van der Waals surface area contributed by atoms with E-state index in [-0.39, 0.29) is 30.5 Å². The van der Waals surface area contributed by atoms with Crippen molar-refractivity contribution in [2.45, 2.75) is 38.5 Å². The lowest BCUT2D eigenvalue weighted by atomic mass is 9.95. The molecule has 122 valence electrons. The number of piperidine rings is 1. The van der Waals surface area contributed by atoms with Gasteiger partial charge in [-0.2, -0.15) is 0 Å². The van der Waals surface area contributed by atoms with E-state index in [1.165, 1.54) is 0 Å². The van der Waals surface area contributed by atoms with Crippen molar-refractivity contribution in [3.8, 4) is 11.5 Å². The first-order valence-electron chi connectivity index (χ1n) is 7.58. The van der Waals surface area contributed by atoms with Crippen molar-refractivity contribution in [1.82, 2.24) is 10.6 Å². The number of rotatable bonds is 2. The summed E-state index contributed by atoms with van der Waals surface area (Å²) in [5.41, 5.74) is 0. The number of ether oxygens (including phenoxy) is 2. The molecule has 1 fully saturated rings. The Morgan fingerprint density at radius 3 is 2.59 bits per heavy atom. The molecule has 5 nitrogen and oxygen atoms in total. The minimum Gasteiger partial charge on any atom is -0.482 e. The van der Waals surface area contributed by atoms with Crippen LogP contribution in [0.15, 0.2) is 24.3 Å². The number of carbonyl (C=O) groups is 1. The van der Waals surface area contributed by atoms with E-state index in [0.29, 0.717) is 17.4 Å². The van der Waals surface area contributed by atoms with Crippen LogP contribution in [0.4, 0.5) is 0 Å². The maximum Gasteiger partial charge on any atom is 0.265 e. The van der Waals surface area contributed by atoms with Crippen LogP contribution in [0.3, 0.4) is 0 Å². The highest BCUT2D eigenvalue weighted by molar-refractivity contribution is 5.85. The molecule has 1 saturated heterocycles. The average Bonchev–Trinajstić information content (AvgIpc) is 2.49. The van der Waals surface area contributed by atoms with Gasteiger partial charge in [0.05, 0.1) is 0 Å². The number of hydrogen-bond acceptors (Lipinski definition) is 4. The third-order valence-corrected chi connectivity index (χ3v) is 4.21. The van der Waals surface area contributed by atoms with Crippen LogP contribution in [0.2, 0.25) is 0 Å². The zero-order valence-electron chi connectivity index (χ0n) is 12.9. The Labute approximate surface area is 137 Å². The molecule has 1 aromatic rings. The van der Waals surface area contributed by atoms with E-state index in [1.807, 2.05) is 31.2 Å². The first-order chi connectivity index (χ1) is 10.1. The standard InChI is InChI=1S/C16H22N2O3.ClH/c1-10-9-17-8-7-12(10)18-16(19)15-11(2)20-13-5-3-4-6-14(13)21-15;/h3-6,10-12,15,17H,7-9H2,1-2H3,(H,18,19);1H. The van der Waals surface area contributed by atoms with E-state index in [4.69, 9.17) is 9.47 Å². The molecule has 3 rings (SSSR count). The molecule has 0 aliphatic carbocycles. The second-order valence-corrected chi connectivity index (χ2v) is 5.89. The molecule has 2 N–H and O–H groups in total. The van der Waals surface area contributed by atoms with Crippen molar-refractivity contribution >= 4 is 18.3 Å². The molecule has 0 spiro atoms. The molecule has 0 bridgehead atoms. The van der Waals surface area contributed by atoms with E-state index in [1.54, 1.807) is 0 Å². The maximum absolute atomic E-state index is 12.5. The van der Waals surface area contributed by atoms with Crippen LogP contribution in [0, 0.1) is 5.92 Å². The zero-order chi connectivity index (χ0) is 14.8. The molecular weight excluding hydrogens is 304 g/mol. The number of fused-ring (bicyclic) bond motifs is 1. The number of amides is 1. The number of nitrogens with one attached hydrogen (secondary N) is 2. The molecule has 1 amide bonds. The van der Waals surface area contributed by atoms with Gasteiger partial charge in [0.15, 0.2) is 11.5 Å². The molecule has 2 aliphatic rings. The van der Waals surface area contributed by atoms with Crippen LogP contribution in [-0.2, 0) is 4.79 Å². The van der Waals surface area contributed by atoms with Crippen LogP contribution in [-0.4, -0.2) is 37.2 Å². The van der Waals surface area contributed by atoms with Gasteiger partial charge in [0, 0.05) is 6.04 Å². The topological polar surface area (TPSA) is 59.6 Å². The van der Waals surface area contributed by atoms with Crippen LogP contribution >= 0.6 is 12.4 Å². The van der Waals surface area contributed by atoms with E-state index in [9.17, 15) is 4.79 Å². The van der Waals surface area contributed by atoms with Gasteiger partial charge in [-0.1, -0.05) is 19.1 Å². The summed E-state index contributed by atoms with van der Waals surface area (Å²) in [6, 6.07) is 7.66. The molecule has 2 aliphatic heterocycles. The molecule has 2 heterocycles. The van der Waals surface area contributed by atoms with Gasteiger partial charge in [-0.3, -0.25) is 4.79 Å². The van der Waals surface area contributed by atoms with Crippen molar-refractivity contribution in [3.63, 3.8) is 0 Å². The third-order valence-electron chi connectivity index (χ3n) is 4.21. The summed E-state index contributed by atoms with van der Waals surface area (Å²) in [4.78, 5) is 12.5. The number of carbonyl (C=O) groups excluding carboxylic acids is 1. The predicted molar refractivity (Wildman–Crippen MR) is 86.8 cm³/mol. The lowest BCUT2D eigenvalue weighted by Gasteiger charge is -2.34. The summed E-state index contributed by atoms with van der Waals surface area (Å²) in [6.45, 7) is 5.89. The lowest BCUT2D eigenvalue weighted by Crippen LogP contribution is -2.55. The summed E-state index contributed by atoms with van der Waals surface area (Å²) in [7, 11) is 0. The largest absolute Gasteiger partial charge is 0.482 e. The Bertz CT molecular complexity index is 526. The molecule has 4 atom stereocenters. The molecule has 22 heavy (non-hydrogen) atoms. The normalized spacial score (nSPS) is 30.1. The van der Waals surface area contributed by atoms with Crippen LogP contribution < -0.4 is 20.1 Å². The molecule has 6 heteroatoms. The van der Waals surface area contributed by atoms with Crippen LogP contribution in [0.5, 0.6) is 11.5 Å². The lowest BCUT2D eigenvalue weighted by molar-refractivity contribution is -0.134. The van der Waals surface area contributed by atoms with E-state index in [2.05, 4.69) is 17.6 Å². The Hall–Kier alpha value is -1.46. The number of halogens is 1. The van der Waals surface area contributed by atoms with E-state index < -0.39 is 6.10 Å². The Morgan fingerprint density at radius 1 is 1.23 bits per heavy atom. The van der Waals surface area contributed by atoms with Crippen molar-refractivity contribution in [3.05, 3.63) is 24.3 Å². The van der Waals surface area contributed by atoms with Gasteiger partial charge in [-0.15, -0.1) is 12.4 Å². The summed E-state index contributed by atoms with van der Waals surface area (Å²) >= 11 is 0.